The number of fused-ring (bicyclic) bond motifs is 1. The summed E-state index contributed by atoms with van der Waals surface area (Å²) in [7, 11) is 0. The van der Waals surface area contributed by atoms with E-state index in [0.29, 0.717) is 12.6 Å². The van der Waals surface area contributed by atoms with Gasteiger partial charge in [-0.1, -0.05) is 6.07 Å². The number of hydrogen-bond acceptors (Lipinski definition) is 4. The maximum Gasteiger partial charge on any atom is 0.324 e. The third-order valence-corrected chi connectivity index (χ3v) is 3.72. The molecule has 4 heteroatoms. The van der Waals surface area contributed by atoms with Gasteiger partial charge in [0.05, 0.1) is 12.9 Å². The molecule has 1 aromatic carbocycles. The molecule has 2 heterocycles. The fraction of sp³-hybridized carbons (Fsp3) is 0.438. The van der Waals surface area contributed by atoms with Crippen LogP contribution in [0.5, 0.6) is 0 Å². The zero-order chi connectivity index (χ0) is 13.9. The summed E-state index contributed by atoms with van der Waals surface area (Å²) in [5.74, 6) is -0.114. The molecule has 3 rings (SSSR count). The van der Waals surface area contributed by atoms with E-state index in [0.717, 1.165) is 30.2 Å². The quantitative estimate of drug-likeness (QED) is 0.649. The molecule has 2 unspecified atom stereocenters. The van der Waals surface area contributed by atoms with Crippen molar-refractivity contribution in [2.75, 3.05) is 6.61 Å². The van der Waals surface area contributed by atoms with Crippen LogP contribution in [0.15, 0.2) is 34.9 Å². The van der Waals surface area contributed by atoms with Crippen LogP contribution in [-0.4, -0.2) is 24.7 Å². The first-order chi connectivity index (χ1) is 9.78. The second kappa shape index (κ2) is 5.67. The van der Waals surface area contributed by atoms with Crippen molar-refractivity contribution in [3.63, 3.8) is 0 Å². The third kappa shape index (κ3) is 2.85. The minimum Gasteiger partial charge on any atom is -0.465 e. The van der Waals surface area contributed by atoms with E-state index in [1.807, 2.05) is 19.1 Å². The number of benzene rings is 1. The van der Waals surface area contributed by atoms with E-state index < -0.39 is 0 Å². The summed E-state index contributed by atoms with van der Waals surface area (Å²) < 4.78 is 10.3. The minimum absolute atomic E-state index is 0.0775. The number of rotatable bonds is 6. The molecule has 1 fully saturated rings. The Bertz CT molecular complexity index is 605. The molecule has 4 nitrogen and oxygen atoms in total. The number of furan rings is 1. The highest BCUT2D eigenvalue weighted by Gasteiger charge is 2.42. The summed E-state index contributed by atoms with van der Waals surface area (Å²) in [6.07, 6.45) is 4.81. The Hall–Kier alpha value is -1.81. The molecule has 2 aromatic rings. The lowest BCUT2D eigenvalue weighted by Gasteiger charge is -2.01. The molecule has 0 spiro atoms. The van der Waals surface area contributed by atoms with Gasteiger partial charge in [-0.05, 0) is 49.9 Å². The van der Waals surface area contributed by atoms with Crippen LogP contribution < -0.4 is 5.32 Å². The molecule has 2 atom stereocenters. The highest BCUT2D eigenvalue weighted by molar-refractivity contribution is 5.80. The van der Waals surface area contributed by atoms with E-state index in [9.17, 15) is 4.79 Å². The van der Waals surface area contributed by atoms with Crippen LogP contribution >= 0.6 is 0 Å². The number of aryl methyl sites for hydroxylation is 1. The van der Waals surface area contributed by atoms with Gasteiger partial charge in [0.15, 0.2) is 0 Å². The van der Waals surface area contributed by atoms with Crippen molar-refractivity contribution in [2.45, 2.75) is 38.3 Å². The summed E-state index contributed by atoms with van der Waals surface area (Å²) in [5.41, 5.74) is 2.24. The van der Waals surface area contributed by atoms with Gasteiger partial charge in [0.25, 0.3) is 0 Å². The SMILES string of the molecule is CCOC(=O)C1NC1CCCc1ccc2occc2c1. The van der Waals surface area contributed by atoms with Gasteiger partial charge in [0.2, 0.25) is 0 Å². The monoisotopic (exact) mass is 273 g/mol. The van der Waals surface area contributed by atoms with E-state index in [2.05, 4.69) is 17.4 Å². The standard InChI is InChI=1S/C16H19NO3/c1-2-19-16(18)15-13(17-15)5-3-4-11-6-7-14-12(10-11)8-9-20-14/h6-10,13,15,17H,2-5H2,1H3. The first kappa shape index (κ1) is 13.2. The van der Waals surface area contributed by atoms with Crippen LogP contribution in [0.2, 0.25) is 0 Å². The van der Waals surface area contributed by atoms with Gasteiger partial charge in [0.1, 0.15) is 11.6 Å². The fourth-order valence-corrected chi connectivity index (χ4v) is 2.59. The number of carbonyl (C=O) groups excluding carboxylic acids is 1. The molecule has 1 aliphatic rings. The normalized spacial score (nSPS) is 21.1. The summed E-state index contributed by atoms with van der Waals surface area (Å²) in [6, 6.07) is 8.49. The third-order valence-electron chi connectivity index (χ3n) is 3.72. The summed E-state index contributed by atoms with van der Waals surface area (Å²) in [4.78, 5) is 11.5. The lowest BCUT2D eigenvalue weighted by Crippen LogP contribution is -2.14. The first-order valence-electron chi connectivity index (χ1n) is 7.17. The Kier molecular flexibility index (Phi) is 3.74. The Morgan fingerprint density at radius 3 is 3.15 bits per heavy atom. The van der Waals surface area contributed by atoms with Gasteiger partial charge in [-0.15, -0.1) is 0 Å². The zero-order valence-corrected chi connectivity index (χ0v) is 11.6. The molecule has 1 saturated heterocycles. The maximum absolute atomic E-state index is 11.5. The van der Waals surface area contributed by atoms with Crippen LogP contribution in [0.4, 0.5) is 0 Å². The largest absolute Gasteiger partial charge is 0.465 e. The molecule has 20 heavy (non-hydrogen) atoms. The second-order valence-corrected chi connectivity index (χ2v) is 5.19. The number of hydrogen-bond donors (Lipinski definition) is 1. The Morgan fingerprint density at radius 1 is 1.40 bits per heavy atom. The highest BCUT2D eigenvalue weighted by Crippen LogP contribution is 2.21. The minimum atomic E-state index is -0.114. The summed E-state index contributed by atoms with van der Waals surface area (Å²) >= 11 is 0. The first-order valence-corrected chi connectivity index (χ1v) is 7.17. The Balaban J connectivity index is 1.45. The van der Waals surface area contributed by atoms with Crippen LogP contribution in [0, 0.1) is 0 Å². The maximum atomic E-state index is 11.5. The molecule has 106 valence electrons. The average Bonchev–Trinajstić information content (AvgIpc) is 3.07. The van der Waals surface area contributed by atoms with E-state index >= 15 is 0 Å². The van der Waals surface area contributed by atoms with Crippen molar-refractivity contribution in [1.82, 2.24) is 5.32 Å². The molecule has 0 bridgehead atoms. The topological polar surface area (TPSA) is 61.4 Å². The Morgan fingerprint density at radius 2 is 2.30 bits per heavy atom. The van der Waals surface area contributed by atoms with Crippen LogP contribution in [-0.2, 0) is 16.0 Å². The van der Waals surface area contributed by atoms with Crippen LogP contribution in [0.1, 0.15) is 25.3 Å². The van der Waals surface area contributed by atoms with Gasteiger partial charge in [-0.3, -0.25) is 10.1 Å². The van der Waals surface area contributed by atoms with Crippen molar-refractivity contribution >= 4 is 16.9 Å². The second-order valence-electron chi connectivity index (χ2n) is 5.19. The zero-order valence-electron chi connectivity index (χ0n) is 11.6. The number of nitrogens with one attached hydrogen (secondary N) is 1. The molecule has 1 aliphatic heterocycles. The molecule has 0 radical (unpaired) electrons. The van der Waals surface area contributed by atoms with Crippen molar-refractivity contribution in [3.05, 3.63) is 36.1 Å². The number of carbonyl (C=O) groups is 1. The molecular weight excluding hydrogens is 254 g/mol. The van der Waals surface area contributed by atoms with Crippen molar-refractivity contribution in [1.29, 1.82) is 0 Å². The number of esters is 1. The smallest absolute Gasteiger partial charge is 0.324 e. The van der Waals surface area contributed by atoms with Crippen molar-refractivity contribution in [2.24, 2.45) is 0 Å². The molecular formula is C16H19NO3. The van der Waals surface area contributed by atoms with Crippen LogP contribution in [0.25, 0.3) is 11.0 Å². The van der Waals surface area contributed by atoms with E-state index in [4.69, 9.17) is 9.15 Å². The van der Waals surface area contributed by atoms with E-state index in [1.54, 1.807) is 6.26 Å². The Labute approximate surface area is 118 Å². The van der Waals surface area contributed by atoms with Crippen molar-refractivity contribution < 1.29 is 13.9 Å². The average molecular weight is 273 g/mol. The van der Waals surface area contributed by atoms with Gasteiger partial charge < -0.3 is 9.15 Å². The van der Waals surface area contributed by atoms with Gasteiger partial charge in [0, 0.05) is 11.4 Å². The van der Waals surface area contributed by atoms with Gasteiger partial charge >= 0.3 is 5.97 Å². The summed E-state index contributed by atoms with van der Waals surface area (Å²) in [5, 5.41) is 4.33. The van der Waals surface area contributed by atoms with Crippen LogP contribution in [0.3, 0.4) is 0 Å². The van der Waals surface area contributed by atoms with Gasteiger partial charge in [-0.25, -0.2) is 0 Å². The van der Waals surface area contributed by atoms with Crippen molar-refractivity contribution in [3.8, 4) is 0 Å². The molecule has 1 N–H and O–H groups in total. The number of ether oxygens (including phenoxy) is 1. The van der Waals surface area contributed by atoms with E-state index in [1.165, 1.54) is 5.56 Å². The highest BCUT2D eigenvalue weighted by atomic mass is 16.5. The van der Waals surface area contributed by atoms with E-state index in [-0.39, 0.29) is 12.0 Å². The summed E-state index contributed by atoms with van der Waals surface area (Å²) in [6.45, 7) is 2.29. The molecule has 1 aromatic heterocycles. The lowest BCUT2D eigenvalue weighted by molar-refractivity contribution is -0.142. The fourth-order valence-electron chi connectivity index (χ4n) is 2.59. The van der Waals surface area contributed by atoms with Gasteiger partial charge in [-0.2, -0.15) is 0 Å². The lowest BCUT2D eigenvalue weighted by atomic mass is 10.0. The predicted molar refractivity (Wildman–Crippen MR) is 76.5 cm³/mol. The molecule has 0 saturated carbocycles. The molecule has 0 amide bonds. The molecule has 0 aliphatic carbocycles. The predicted octanol–water partition coefficient (Wildman–Crippen LogP) is 2.66.